The molecule has 0 atom stereocenters. The monoisotopic (exact) mass is 366 g/mol. The topological polar surface area (TPSA) is 74.8 Å². The van der Waals surface area contributed by atoms with Crippen molar-refractivity contribution in [3.05, 3.63) is 34.9 Å². The second-order valence-corrected chi connectivity index (χ2v) is 5.77. The van der Waals surface area contributed by atoms with Gasteiger partial charge in [-0.05, 0) is 17.7 Å². The number of rotatable bonds is 3. The summed E-state index contributed by atoms with van der Waals surface area (Å²) in [5.74, 6) is 0.243. The number of nitrogens with one attached hydrogen (secondary N) is 1. The van der Waals surface area contributed by atoms with Gasteiger partial charge < -0.3 is 24.5 Å². The van der Waals surface area contributed by atoms with E-state index in [-0.39, 0.29) is 5.88 Å². The number of anilines is 1. The number of carbonyl (C=O) groups is 1. The molecule has 0 radical (unpaired) electrons. The van der Waals surface area contributed by atoms with Gasteiger partial charge in [0.2, 0.25) is 5.88 Å². The smallest absolute Gasteiger partial charge is 0.449 e. The van der Waals surface area contributed by atoms with Gasteiger partial charge in [-0.3, -0.25) is 0 Å². The Labute approximate surface area is 135 Å². The van der Waals surface area contributed by atoms with Crippen molar-refractivity contribution in [2.45, 2.75) is 0 Å². The number of morpholine rings is 1. The summed E-state index contributed by atoms with van der Waals surface area (Å²) in [4.78, 5) is 15.9. The van der Waals surface area contributed by atoms with Gasteiger partial charge in [-0.25, -0.2) is 4.79 Å². The SMILES string of the molecule is O=C(O)Oc1[nH]cc(-c2ccc(Br)cc2)c1N1CCOCC1. The van der Waals surface area contributed by atoms with Crippen LogP contribution >= 0.6 is 15.9 Å². The highest BCUT2D eigenvalue weighted by Crippen LogP contribution is 2.39. The average molecular weight is 367 g/mol. The Hall–Kier alpha value is -1.99. The molecule has 1 saturated heterocycles. The van der Waals surface area contributed by atoms with Crippen molar-refractivity contribution in [2.24, 2.45) is 0 Å². The third-order valence-electron chi connectivity index (χ3n) is 3.49. The van der Waals surface area contributed by atoms with E-state index in [1.54, 1.807) is 6.20 Å². The Kier molecular flexibility index (Phi) is 4.35. The van der Waals surface area contributed by atoms with Crippen molar-refractivity contribution in [2.75, 3.05) is 31.2 Å². The zero-order valence-corrected chi connectivity index (χ0v) is 13.3. The molecule has 1 aromatic carbocycles. The normalized spacial score (nSPS) is 14.9. The lowest BCUT2D eigenvalue weighted by atomic mass is 10.1. The van der Waals surface area contributed by atoms with E-state index >= 15 is 0 Å². The van der Waals surface area contributed by atoms with Crippen LogP contribution in [-0.2, 0) is 4.74 Å². The lowest BCUT2D eigenvalue weighted by Crippen LogP contribution is -2.36. The summed E-state index contributed by atoms with van der Waals surface area (Å²) in [6.07, 6.45) is 0.436. The van der Waals surface area contributed by atoms with E-state index in [0.717, 1.165) is 21.3 Å². The molecule has 0 bridgehead atoms. The van der Waals surface area contributed by atoms with Crippen LogP contribution in [0.1, 0.15) is 0 Å². The Morgan fingerprint density at radius 2 is 1.95 bits per heavy atom. The van der Waals surface area contributed by atoms with Crippen LogP contribution in [0.4, 0.5) is 10.5 Å². The molecule has 116 valence electrons. The summed E-state index contributed by atoms with van der Waals surface area (Å²) < 4.78 is 11.2. The standard InChI is InChI=1S/C15H15BrN2O4/c16-11-3-1-10(2-4-11)12-9-17-14(22-15(19)20)13(12)18-5-7-21-8-6-18/h1-4,9,17H,5-8H2,(H,19,20). The number of aromatic amines is 1. The first-order valence-electron chi connectivity index (χ1n) is 6.86. The number of H-pyrrole nitrogens is 1. The Morgan fingerprint density at radius 3 is 2.59 bits per heavy atom. The number of ether oxygens (including phenoxy) is 2. The predicted octanol–water partition coefficient (Wildman–Crippen LogP) is 3.34. The number of aromatic nitrogens is 1. The summed E-state index contributed by atoms with van der Waals surface area (Å²) in [6, 6.07) is 7.84. The minimum absolute atomic E-state index is 0.243. The second kappa shape index (κ2) is 6.41. The van der Waals surface area contributed by atoms with Crippen LogP contribution in [-0.4, -0.2) is 42.5 Å². The summed E-state index contributed by atoms with van der Waals surface area (Å²) in [5, 5.41) is 8.91. The van der Waals surface area contributed by atoms with E-state index < -0.39 is 6.16 Å². The molecule has 3 rings (SSSR count). The van der Waals surface area contributed by atoms with Gasteiger partial charge in [0.25, 0.3) is 0 Å². The molecule has 22 heavy (non-hydrogen) atoms. The Morgan fingerprint density at radius 1 is 1.27 bits per heavy atom. The molecule has 2 N–H and O–H groups in total. The zero-order chi connectivity index (χ0) is 15.5. The first-order chi connectivity index (χ1) is 10.6. The largest absolute Gasteiger partial charge is 0.512 e. The average Bonchev–Trinajstić information content (AvgIpc) is 2.91. The minimum Gasteiger partial charge on any atom is -0.449 e. The van der Waals surface area contributed by atoms with Crippen LogP contribution in [0.2, 0.25) is 0 Å². The molecule has 0 aliphatic carbocycles. The fourth-order valence-corrected chi connectivity index (χ4v) is 2.78. The number of hydrogen-bond donors (Lipinski definition) is 2. The maximum Gasteiger partial charge on any atom is 0.512 e. The van der Waals surface area contributed by atoms with Gasteiger partial charge in [0.1, 0.15) is 5.69 Å². The summed E-state index contributed by atoms with van der Waals surface area (Å²) in [6.45, 7) is 2.60. The number of nitrogens with zero attached hydrogens (tertiary/aromatic N) is 1. The van der Waals surface area contributed by atoms with Gasteiger partial charge >= 0.3 is 6.16 Å². The van der Waals surface area contributed by atoms with Gasteiger partial charge in [-0.2, -0.15) is 0 Å². The fraction of sp³-hybridized carbons (Fsp3) is 0.267. The van der Waals surface area contributed by atoms with E-state index in [9.17, 15) is 4.79 Å². The molecular weight excluding hydrogens is 352 g/mol. The third-order valence-corrected chi connectivity index (χ3v) is 4.02. The molecule has 0 spiro atoms. The fourth-order valence-electron chi connectivity index (χ4n) is 2.51. The molecule has 1 aliphatic heterocycles. The van der Waals surface area contributed by atoms with Gasteiger partial charge in [-0.1, -0.05) is 28.1 Å². The van der Waals surface area contributed by atoms with Gasteiger partial charge in [0.15, 0.2) is 0 Å². The molecule has 1 fully saturated rings. The second-order valence-electron chi connectivity index (χ2n) is 4.85. The molecule has 0 unspecified atom stereocenters. The van der Waals surface area contributed by atoms with Crippen LogP contribution in [0, 0.1) is 0 Å². The van der Waals surface area contributed by atoms with Crippen molar-refractivity contribution in [1.29, 1.82) is 0 Å². The van der Waals surface area contributed by atoms with E-state index in [2.05, 4.69) is 25.8 Å². The van der Waals surface area contributed by atoms with E-state index in [0.29, 0.717) is 26.3 Å². The third kappa shape index (κ3) is 3.10. The molecule has 6 nitrogen and oxygen atoms in total. The number of halogens is 1. The molecule has 2 aromatic rings. The van der Waals surface area contributed by atoms with Crippen molar-refractivity contribution in [3.63, 3.8) is 0 Å². The van der Waals surface area contributed by atoms with Gasteiger partial charge in [-0.15, -0.1) is 0 Å². The summed E-state index contributed by atoms with van der Waals surface area (Å²) in [5.41, 5.74) is 2.65. The van der Waals surface area contributed by atoms with Crippen molar-refractivity contribution in [3.8, 4) is 17.0 Å². The summed E-state index contributed by atoms with van der Waals surface area (Å²) in [7, 11) is 0. The van der Waals surface area contributed by atoms with Crippen molar-refractivity contribution >= 4 is 27.8 Å². The Bertz CT molecular complexity index is 663. The lowest BCUT2D eigenvalue weighted by Gasteiger charge is -2.29. The highest BCUT2D eigenvalue weighted by atomic mass is 79.9. The molecule has 2 heterocycles. The highest BCUT2D eigenvalue weighted by Gasteiger charge is 2.23. The maximum absolute atomic E-state index is 10.9. The van der Waals surface area contributed by atoms with Crippen LogP contribution < -0.4 is 9.64 Å². The first-order valence-corrected chi connectivity index (χ1v) is 7.65. The van der Waals surface area contributed by atoms with Crippen molar-refractivity contribution < 1.29 is 19.4 Å². The van der Waals surface area contributed by atoms with Crippen LogP contribution in [0.25, 0.3) is 11.1 Å². The molecule has 0 amide bonds. The van der Waals surface area contributed by atoms with E-state index in [1.165, 1.54) is 0 Å². The van der Waals surface area contributed by atoms with Crippen molar-refractivity contribution in [1.82, 2.24) is 4.98 Å². The maximum atomic E-state index is 10.9. The van der Waals surface area contributed by atoms with Crippen LogP contribution in [0.3, 0.4) is 0 Å². The lowest BCUT2D eigenvalue weighted by molar-refractivity contribution is 0.122. The zero-order valence-electron chi connectivity index (χ0n) is 11.7. The molecular formula is C15H15BrN2O4. The predicted molar refractivity (Wildman–Crippen MR) is 85.6 cm³/mol. The summed E-state index contributed by atoms with van der Waals surface area (Å²) >= 11 is 3.41. The quantitative estimate of drug-likeness (QED) is 0.814. The van der Waals surface area contributed by atoms with Crippen LogP contribution in [0.5, 0.6) is 5.88 Å². The molecule has 7 heteroatoms. The first kappa shape index (κ1) is 14.9. The molecule has 1 aliphatic rings. The van der Waals surface area contributed by atoms with E-state index in [1.807, 2.05) is 24.3 Å². The minimum atomic E-state index is -1.33. The molecule has 0 saturated carbocycles. The van der Waals surface area contributed by atoms with E-state index in [4.69, 9.17) is 14.6 Å². The Balaban J connectivity index is 2.03. The number of benzene rings is 1. The molecule has 1 aromatic heterocycles. The van der Waals surface area contributed by atoms with Gasteiger partial charge in [0.05, 0.1) is 13.2 Å². The van der Waals surface area contributed by atoms with Gasteiger partial charge in [0, 0.05) is 29.3 Å². The highest BCUT2D eigenvalue weighted by molar-refractivity contribution is 9.10. The number of hydrogen-bond acceptors (Lipinski definition) is 4. The van der Waals surface area contributed by atoms with Crippen LogP contribution in [0.15, 0.2) is 34.9 Å². The number of carboxylic acid groups (broad SMARTS) is 1.